The van der Waals surface area contributed by atoms with E-state index in [1.807, 2.05) is 25.1 Å². The molecule has 124 valence electrons. The molecule has 0 aromatic carbocycles. The number of nitrogens with one attached hydrogen (secondary N) is 1. The van der Waals surface area contributed by atoms with Crippen LogP contribution in [0.25, 0.3) is 5.82 Å². The molecule has 0 saturated carbocycles. The number of aryl methyl sites for hydroxylation is 3. The van der Waals surface area contributed by atoms with E-state index in [4.69, 9.17) is 0 Å². The molecular weight excluding hydrogens is 322 g/mol. The minimum absolute atomic E-state index is 0.132. The maximum Gasteiger partial charge on any atom is 0.266 e. The van der Waals surface area contributed by atoms with Gasteiger partial charge in [-0.15, -0.1) is 16.4 Å². The lowest BCUT2D eigenvalue weighted by atomic mass is 10.1. The van der Waals surface area contributed by atoms with Gasteiger partial charge in [-0.2, -0.15) is 14.9 Å². The number of hydrogen-bond acceptors (Lipinski definition) is 5. The number of rotatable bonds is 5. The van der Waals surface area contributed by atoms with Crippen molar-refractivity contribution in [3.8, 4) is 5.82 Å². The van der Waals surface area contributed by atoms with Crippen molar-refractivity contribution in [1.82, 2.24) is 20.0 Å². The summed E-state index contributed by atoms with van der Waals surface area (Å²) in [6.45, 7) is 6.06. The average Bonchev–Trinajstić information content (AvgIpc) is 3.16. The Morgan fingerprint density at radius 3 is 2.79 bits per heavy atom. The second-order valence-corrected chi connectivity index (χ2v) is 6.81. The zero-order chi connectivity index (χ0) is 17.1. The van der Waals surface area contributed by atoms with Crippen LogP contribution in [0.1, 0.15) is 39.2 Å². The molecule has 0 aliphatic heterocycles. The standard InChI is InChI=1S/C17H19N5OS/c1-4-5-13-10-14(24-12(13)3)17(23)19-15-8-9-18-22(15)16-7-6-11(2)20-21-16/h6-10H,4-5H2,1-3H3,(H,19,23). The van der Waals surface area contributed by atoms with Crippen LogP contribution in [0.5, 0.6) is 0 Å². The van der Waals surface area contributed by atoms with Crippen molar-refractivity contribution in [2.45, 2.75) is 33.6 Å². The topological polar surface area (TPSA) is 72.7 Å². The highest BCUT2D eigenvalue weighted by atomic mass is 32.1. The summed E-state index contributed by atoms with van der Waals surface area (Å²) >= 11 is 1.52. The van der Waals surface area contributed by atoms with E-state index in [9.17, 15) is 4.79 Å². The predicted octanol–water partition coefficient (Wildman–Crippen LogP) is 3.55. The monoisotopic (exact) mass is 341 g/mol. The summed E-state index contributed by atoms with van der Waals surface area (Å²) in [5.41, 5.74) is 2.07. The Balaban J connectivity index is 1.82. The summed E-state index contributed by atoms with van der Waals surface area (Å²) in [5, 5.41) is 15.3. The molecule has 0 spiro atoms. The molecule has 1 N–H and O–H groups in total. The lowest BCUT2D eigenvalue weighted by Crippen LogP contribution is -2.14. The fourth-order valence-electron chi connectivity index (χ4n) is 2.41. The second kappa shape index (κ2) is 6.92. The largest absolute Gasteiger partial charge is 0.306 e. The first-order chi connectivity index (χ1) is 11.6. The Bertz CT molecular complexity index is 850. The van der Waals surface area contributed by atoms with Gasteiger partial charge >= 0.3 is 0 Å². The minimum atomic E-state index is -0.132. The molecule has 3 rings (SSSR count). The van der Waals surface area contributed by atoms with Crippen molar-refractivity contribution in [2.24, 2.45) is 0 Å². The first kappa shape index (κ1) is 16.3. The summed E-state index contributed by atoms with van der Waals surface area (Å²) in [7, 11) is 0. The quantitative estimate of drug-likeness (QED) is 0.770. The van der Waals surface area contributed by atoms with Crippen molar-refractivity contribution >= 4 is 23.1 Å². The van der Waals surface area contributed by atoms with E-state index in [-0.39, 0.29) is 5.91 Å². The third-order valence-electron chi connectivity index (χ3n) is 3.65. The zero-order valence-corrected chi connectivity index (χ0v) is 14.7. The molecule has 0 radical (unpaired) electrons. The lowest BCUT2D eigenvalue weighted by Gasteiger charge is -2.07. The van der Waals surface area contributed by atoms with Gasteiger partial charge in [0.25, 0.3) is 5.91 Å². The third kappa shape index (κ3) is 3.35. The van der Waals surface area contributed by atoms with E-state index in [0.717, 1.165) is 18.5 Å². The van der Waals surface area contributed by atoms with Gasteiger partial charge in [0.15, 0.2) is 5.82 Å². The second-order valence-electron chi connectivity index (χ2n) is 5.56. The molecule has 0 aliphatic rings. The van der Waals surface area contributed by atoms with Crippen LogP contribution in [-0.2, 0) is 6.42 Å². The van der Waals surface area contributed by atoms with Crippen LogP contribution in [0, 0.1) is 13.8 Å². The van der Waals surface area contributed by atoms with Gasteiger partial charge in [0.1, 0.15) is 5.82 Å². The highest BCUT2D eigenvalue weighted by Gasteiger charge is 2.15. The lowest BCUT2D eigenvalue weighted by molar-refractivity contribution is 0.102. The van der Waals surface area contributed by atoms with Crippen molar-refractivity contribution < 1.29 is 4.79 Å². The molecule has 7 heteroatoms. The van der Waals surface area contributed by atoms with E-state index in [1.54, 1.807) is 16.9 Å². The number of anilines is 1. The van der Waals surface area contributed by atoms with Crippen LogP contribution in [0.15, 0.2) is 30.5 Å². The fourth-order valence-corrected chi connectivity index (χ4v) is 3.38. The number of carbonyl (C=O) groups is 1. The van der Waals surface area contributed by atoms with Crippen LogP contribution < -0.4 is 5.32 Å². The summed E-state index contributed by atoms with van der Waals surface area (Å²) in [6.07, 6.45) is 3.68. The number of amides is 1. The zero-order valence-electron chi connectivity index (χ0n) is 13.9. The molecular formula is C17H19N5OS. The van der Waals surface area contributed by atoms with Gasteiger partial charge in [-0.05, 0) is 44.0 Å². The molecule has 0 bridgehead atoms. The van der Waals surface area contributed by atoms with E-state index in [1.165, 1.54) is 21.8 Å². The Labute approximate surface area is 144 Å². The summed E-state index contributed by atoms with van der Waals surface area (Å²) < 4.78 is 1.57. The van der Waals surface area contributed by atoms with E-state index < -0.39 is 0 Å². The Morgan fingerprint density at radius 1 is 1.25 bits per heavy atom. The molecule has 6 nitrogen and oxygen atoms in total. The first-order valence-corrected chi connectivity index (χ1v) is 8.65. The van der Waals surface area contributed by atoms with Crippen LogP contribution >= 0.6 is 11.3 Å². The minimum Gasteiger partial charge on any atom is -0.306 e. The van der Waals surface area contributed by atoms with Crippen molar-refractivity contribution in [3.05, 3.63) is 51.5 Å². The van der Waals surface area contributed by atoms with Crippen molar-refractivity contribution in [1.29, 1.82) is 0 Å². The van der Waals surface area contributed by atoms with Crippen LogP contribution in [0.3, 0.4) is 0 Å². The summed E-state index contributed by atoms with van der Waals surface area (Å²) in [4.78, 5) is 14.4. The summed E-state index contributed by atoms with van der Waals surface area (Å²) in [6, 6.07) is 7.40. The molecule has 24 heavy (non-hydrogen) atoms. The van der Waals surface area contributed by atoms with E-state index in [2.05, 4.69) is 34.5 Å². The Hall–Kier alpha value is -2.54. The molecule has 0 fully saturated rings. The van der Waals surface area contributed by atoms with E-state index >= 15 is 0 Å². The van der Waals surface area contributed by atoms with Crippen molar-refractivity contribution in [3.63, 3.8) is 0 Å². The maximum absolute atomic E-state index is 12.5. The number of nitrogens with zero attached hydrogens (tertiary/aromatic N) is 4. The maximum atomic E-state index is 12.5. The number of thiophene rings is 1. The highest BCUT2D eigenvalue weighted by molar-refractivity contribution is 7.14. The number of carbonyl (C=O) groups excluding carboxylic acids is 1. The fraction of sp³-hybridized carbons (Fsp3) is 0.294. The van der Waals surface area contributed by atoms with Crippen LogP contribution in [0.2, 0.25) is 0 Å². The van der Waals surface area contributed by atoms with Gasteiger partial charge in [0.2, 0.25) is 0 Å². The van der Waals surface area contributed by atoms with Gasteiger partial charge in [-0.1, -0.05) is 13.3 Å². The van der Waals surface area contributed by atoms with Gasteiger partial charge in [-0.25, -0.2) is 0 Å². The molecule has 3 aromatic rings. The molecule has 0 unspecified atom stereocenters. The van der Waals surface area contributed by atoms with Crippen molar-refractivity contribution in [2.75, 3.05) is 5.32 Å². The molecule has 3 heterocycles. The summed E-state index contributed by atoms with van der Waals surface area (Å²) in [5.74, 6) is 1.00. The molecule has 0 aliphatic carbocycles. The molecule has 0 atom stereocenters. The van der Waals surface area contributed by atoms with Gasteiger partial charge < -0.3 is 5.32 Å². The highest BCUT2D eigenvalue weighted by Crippen LogP contribution is 2.24. The van der Waals surface area contributed by atoms with E-state index in [0.29, 0.717) is 16.5 Å². The van der Waals surface area contributed by atoms with Gasteiger partial charge in [0.05, 0.1) is 16.8 Å². The SMILES string of the molecule is CCCc1cc(C(=O)Nc2ccnn2-c2ccc(C)nn2)sc1C. The smallest absolute Gasteiger partial charge is 0.266 e. The Morgan fingerprint density at radius 2 is 2.08 bits per heavy atom. The average molecular weight is 341 g/mol. The normalized spacial score (nSPS) is 10.8. The molecule has 1 amide bonds. The number of aromatic nitrogens is 4. The van der Waals surface area contributed by atoms with Gasteiger partial charge in [-0.3, -0.25) is 4.79 Å². The molecule has 0 saturated heterocycles. The van der Waals surface area contributed by atoms with Crippen LogP contribution in [-0.4, -0.2) is 25.9 Å². The first-order valence-electron chi connectivity index (χ1n) is 7.84. The van der Waals surface area contributed by atoms with Gasteiger partial charge in [0, 0.05) is 10.9 Å². The third-order valence-corrected chi connectivity index (χ3v) is 4.74. The predicted molar refractivity (Wildman–Crippen MR) is 94.9 cm³/mol. The van der Waals surface area contributed by atoms with Crippen LogP contribution in [0.4, 0.5) is 5.82 Å². The molecule has 3 aromatic heterocycles. The Kier molecular flexibility index (Phi) is 4.71. The number of hydrogen-bond donors (Lipinski definition) is 1.